The van der Waals surface area contributed by atoms with Gasteiger partial charge >= 0.3 is 7.69 Å². The summed E-state index contributed by atoms with van der Waals surface area (Å²) in [5.41, 5.74) is 0. The molecule has 0 spiro atoms. The fraction of sp³-hybridized carbons (Fsp3) is 0.333. The van der Waals surface area contributed by atoms with Crippen LogP contribution in [0.25, 0.3) is 0 Å². The van der Waals surface area contributed by atoms with E-state index in [9.17, 15) is 8.78 Å². The van der Waals surface area contributed by atoms with Crippen molar-refractivity contribution in [2.45, 2.75) is 0 Å². The number of hydrogen-bond donors (Lipinski definition) is 0. The molecule has 0 aliphatic heterocycles. The molecule has 0 bridgehead atoms. The number of rotatable bonds is 6. The first-order chi connectivity index (χ1) is 5.41. The maximum atomic E-state index is 11.3. The van der Waals surface area contributed by atoms with E-state index in [2.05, 4.69) is 0 Å². The van der Waals surface area contributed by atoms with Crippen molar-refractivity contribution in [3.63, 3.8) is 0 Å². The van der Waals surface area contributed by atoms with Crippen molar-refractivity contribution in [1.82, 2.24) is 0 Å². The molecular weight excluding hydrogens is 153 g/mol. The van der Waals surface area contributed by atoms with Crippen LogP contribution in [-0.2, 0) is 9.31 Å². The molecule has 2 nitrogen and oxygen atoms in total. The molecule has 5 heteroatoms. The maximum absolute atomic E-state index is 11.3. The summed E-state index contributed by atoms with van der Waals surface area (Å²) in [6.45, 7) is 0.325. The fourth-order valence-electron chi connectivity index (χ4n) is 0.364. The van der Waals surface area contributed by atoms with Gasteiger partial charge in [0.15, 0.2) is 0 Å². The average molecular weight is 162 g/mol. The van der Waals surface area contributed by atoms with Crippen molar-refractivity contribution in [3.8, 4) is 0 Å². The third kappa shape index (κ3) is 9.32. The highest BCUT2D eigenvalue weighted by molar-refractivity contribution is 6.17. The Bertz CT molecular complexity index is 114. The largest absolute Gasteiger partial charge is 0.438 e. The smallest absolute Gasteiger partial charge is 0.410 e. The topological polar surface area (TPSA) is 18.5 Å². The molecule has 11 heavy (non-hydrogen) atoms. The molecule has 0 aromatic rings. The molecular formula is C6H9BF2O2. The van der Waals surface area contributed by atoms with Crippen LogP contribution in [0.2, 0.25) is 0 Å². The summed E-state index contributed by atoms with van der Waals surface area (Å²) in [6.07, 6.45) is 3.19. The van der Waals surface area contributed by atoms with E-state index in [0.29, 0.717) is 12.7 Å². The molecule has 0 fully saturated rings. The summed E-state index contributed by atoms with van der Waals surface area (Å²) in [4.78, 5) is 0. The zero-order valence-electron chi connectivity index (χ0n) is 6.00. The van der Waals surface area contributed by atoms with Gasteiger partial charge in [-0.2, -0.15) is 0 Å². The third-order valence-corrected chi connectivity index (χ3v) is 0.773. The van der Waals surface area contributed by atoms with Gasteiger partial charge in [-0.05, 0) is 12.2 Å². The van der Waals surface area contributed by atoms with Gasteiger partial charge < -0.3 is 9.31 Å². The highest BCUT2D eigenvalue weighted by Crippen LogP contribution is 1.80. The van der Waals surface area contributed by atoms with Crippen molar-refractivity contribution in [2.24, 2.45) is 0 Å². The number of halogens is 2. The SMILES string of the molecule is FC=CCOBOCC=CF. The molecule has 0 aliphatic rings. The molecule has 0 aliphatic carbocycles. The molecule has 0 aromatic heterocycles. The Morgan fingerprint density at radius 3 is 1.82 bits per heavy atom. The Morgan fingerprint density at radius 2 is 1.45 bits per heavy atom. The molecule has 0 unspecified atom stereocenters. The van der Waals surface area contributed by atoms with E-state index >= 15 is 0 Å². The second-order valence-corrected chi connectivity index (χ2v) is 1.58. The second kappa shape index (κ2) is 9.32. The van der Waals surface area contributed by atoms with Crippen molar-refractivity contribution in [1.29, 1.82) is 0 Å². The van der Waals surface area contributed by atoms with Crippen LogP contribution in [0.3, 0.4) is 0 Å². The predicted octanol–water partition coefficient (Wildman–Crippen LogP) is 1.25. The molecule has 0 N–H and O–H groups in total. The predicted molar refractivity (Wildman–Crippen MR) is 39.5 cm³/mol. The number of hydrogen-bond acceptors (Lipinski definition) is 2. The molecule has 0 saturated carbocycles. The Kier molecular flexibility index (Phi) is 8.75. The summed E-state index contributed by atoms with van der Waals surface area (Å²) in [5, 5.41) is 0. The van der Waals surface area contributed by atoms with Crippen LogP contribution < -0.4 is 0 Å². The summed E-state index contributed by atoms with van der Waals surface area (Å²) in [5.74, 6) is 0. The Hall–Kier alpha value is -0.675. The fourth-order valence-corrected chi connectivity index (χ4v) is 0.364. The molecule has 0 heterocycles. The minimum absolute atomic E-state index is 0.0364. The molecule has 0 atom stereocenters. The van der Waals surface area contributed by atoms with Crippen LogP contribution in [0, 0.1) is 0 Å². The van der Waals surface area contributed by atoms with Gasteiger partial charge in [0.05, 0.1) is 25.9 Å². The molecule has 62 valence electrons. The Balaban J connectivity index is 2.90. The van der Waals surface area contributed by atoms with Crippen molar-refractivity contribution < 1.29 is 18.1 Å². The molecule has 0 rings (SSSR count). The first-order valence-electron chi connectivity index (χ1n) is 3.07. The van der Waals surface area contributed by atoms with Crippen LogP contribution in [0.5, 0.6) is 0 Å². The van der Waals surface area contributed by atoms with E-state index in [4.69, 9.17) is 9.31 Å². The van der Waals surface area contributed by atoms with Crippen LogP contribution in [0.4, 0.5) is 8.78 Å². The van der Waals surface area contributed by atoms with Gasteiger partial charge in [0.1, 0.15) is 0 Å². The van der Waals surface area contributed by atoms with Gasteiger partial charge in [0, 0.05) is 0 Å². The van der Waals surface area contributed by atoms with Crippen LogP contribution in [0.1, 0.15) is 0 Å². The van der Waals surface area contributed by atoms with Crippen LogP contribution in [0.15, 0.2) is 24.8 Å². The van der Waals surface area contributed by atoms with Crippen molar-refractivity contribution >= 4 is 7.69 Å². The lowest BCUT2D eigenvalue weighted by Crippen LogP contribution is -2.04. The minimum atomic E-state index is 0.0364. The minimum Gasteiger partial charge on any atom is -0.410 e. The zero-order chi connectivity index (χ0) is 8.36. The van der Waals surface area contributed by atoms with Gasteiger partial charge in [0.25, 0.3) is 0 Å². The first-order valence-corrected chi connectivity index (χ1v) is 3.07. The van der Waals surface area contributed by atoms with E-state index < -0.39 is 0 Å². The Morgan fingerprint density at radius 1 is 1.00 bits per heavy atom. The molecule has 0 radical (unpaired) electrons. The highest BCUT2D eigenvalue weighted by atomic mass is 19.1. The van der Waals surface area contributed by atoms with E-state index in [-0.39, 0.29) is 20.9 Å². The van der Waals surface area contributed by atoms with E-state index in [1.54, 1.807) is 0 Å². The van der Waals surface area contributed by atoms with Gasteiger partial charge in [-0.1, -0.05) is 0 Å². The van der Waals surface area contributed by atoms with E-state index in [0.717, 1.165) is 0 Å². The summed E-state index contributed by atoms with van der Waals surface area (Å²) >= 11 is 0. The van der Waals surface area contributed by atoms with Crippen molar-refractivity contribution in [2.75, 3.05) is 13.2 Å². The highest BCUT2D eigenvalue weighted by Gasteiger charge is 1.87. The third-order valence-electron chi connectivity index (χ3n) is 0.773. The quantitative estimate of drug-likeness (QED) is 0.432. The van der Waals surface area contributed by atoms with Gasteiger partial charge in [-0.15, -0.1) is 0 Å². The van der Waals surface area contributed by atoms with Crippen LogP contribution in [-0.4, -0.2) is 20.9 Å². The molecule has 0 aromatic carbocycles. The van der Waals surface area contributed by atoms with Gasteiger partial charge in [-0.3, -0.25) is 0 Å². The summed E-state index contributed by atoms with van der Waals surface area (Å²) in [7, 11) is 0.0364. The average Bonchev–Trinajstić information content (AvgIpc) is 2.03. The lowest BCUT2D eigenvalue weighted by Gasteiger charge is -1.96. The summed E-state index contributed by atoms with van der Waals surface area (Å²) < 4.78 is 32.0. The summed E-state index contributed by atoms with van der Waals surface area (Å²) in [6, 6.07) is 0. The zero-order valence-corrected chi connectivity index (χ0v) is 6.00. The maximum Gasteiger partial charge on any atom is 0.438 e. The standard InChI is InChI=1S/C6H9BF2O2/c8-3-1-5-10-7-11-6-2-4-9/h1-4,7H,5-6H2. The lowest BCUT2D eigenvalue weighted by molar-refractivity contribution is 0.259. The van der Waals surface area contributed by atoms with Crippen molar-refractivity contribution in [3.05, 3.63) is 24.8 Å². The monoisotopic (exact) mass is 162 g/mol. The lowest BCUT2D eigenvalue weighted by atomic mass is 10.4. The van der Waals surface area contributed by atoms with E-state index in [1.807, 2.05) is 0 Å². The molecule has 0 saturated heterocycles. The van der Waals surface area contributed by atoms with Crippen LogP contribution >= 0.6 is 0 Å². The molecule has 0 amide bonds. The first kappa shape index (κ1) is 10.3. The van der Waals surface area contributed by atoms with Gasteiger partial charge in [-0.25, -0.2) is 8.78 Å². The second-order valence-electron chi connectivity index (χ2n) is 1.58. The normalized spacial score (nSPS) is 11.5. The van der Waals surface area contributed by atoms with E-state index in [1.165, 1.54) is 12.2 Å². The Labute approximate surface area is 64.8 Å². The van der Waals surface area contributed by atoms with Gasteiger partial charge in [0.2, 0.25) is 0 Å².